The van der Waals surface area contributed by atoms with Crippen molar-refractivity contribution in [3.63, 3.8) is 0 Å². The highest BCUT2D eigenvalue weighted by Crippen LogP contribution is 2.32. The second kappa shape index (κ2) is 8.01. The first-order chi connectivity index (χ1) is 15.5. The number of ether oxygens (including phenoxy) is 2. The standard InChI is InChI=1S/C23H17FN4O3S/c1-13-18-21-26-20(27-28(21)12-25-22(18)32-19(13)23(29)30-2)15-5-3-14(4-6-15)11-31-17-9-7-16(24)8-10-17/h3-10,12H,11H2,1-2H3. The number of rotatable bonds is 5. The molecule has 0 atom stereocenters. The van der Waals surface area contributed by atoms with Gasteiger partial charge in [-0.25, -0.2) is 23.7 Å². The van der Waals surface area contributed by atoms with Crippen LogP contribution in [0.5, 0.6) is 5.75 Å². The molecule has 0 spiro atoms. The summed E-state index contributed by atoms with van der Waals surface area (Å²) in [6, 6.07) is 13.6. The van der Waals surface area contributed by atoms with Crippen LogP contribution in [0.15, 0.2) is 54.9 Å². The van der Waals surface area contributed by atoms with Gasteiger partial charge in [-0.1, -0.05) is 24.3 Å². The molecule has 3 heterocycles. The van der Waals surface area contributed by atoms with Crippen molar-refractivity contribution in [3.05, 3.63) is 76.7 Å². The van der Waals surface area contributed by atoms with E-state index in [1.165, 1.54) is 30.6 Å². The lowest BCUT2D eigenvalue weighted by Gasteiger charge is -2.06. The molecule has 5 aromatic rings. The van der Waals surface area contributed by atoms with Crippen LogP contribution in [-0.4, -0.2) is 32.7 Å². The second-order valence-corrected chi connectivity index (χ2v) is 8.11. The van der Waals surface area contributed by atoms with Crippen molar-refractivity contribution in [2.45, 2.75) is 13.5 Å². The molecule has 2 aromatic carbocycles. The van der Waals surface area contributed by atoms with Gasteiger partial charge in [-0.3, -0.25) is 0 Å². The molecule has 0 bridgehead atoms. The van der Waals surface area contributed by atoms with Crippen molar-refractivity contribution >= 4 is 33.2 Å². The maximum atomic E-state index is 13.0. The van der Waals surface area contributed by atoms with Crippen molar-refractivity contribution in [2.24, 2.45) is 0 Å². The average Bonchev–Trinajstić information content (AvgIpc) is 3.39. The van der Waals surface area contributed by atoms with Crippen molar-refractivity contribution < 1.29 is 18.7 Å². The van der Waals surface area contributed by atoms with E-state index in [1.54, 1.807) is 23.0 Å². The van der Waals surface area contributed by atoms with E-state index in [0.29, 0.717) is 33.5 Å². The minimum absolute atomic E-state index is 0.298. The molecule has 9 heteroatoms. The van der Waals surface area contributed by atoms with Crippen LogP contribution in [0.1, 0.15) is 20.8 Å². The van der Waals surface area contributed by atoms with Crippen molar-refractivity contribution in [1.29, 1.82) is 0 Å². The highest BCUT2D eigenvalue weighted by molar-refractivity contribution is 7.20. The molecule has 0 saturated carbocycles. The summed E-state index contributed by atoms with van der Waals surface area (Å²) in [6.07, 6.45) is 1.59. The molecule has 0 fully saturated rings. The number of thiophene rings is 1. The Bertz CT molecular complexity index is 1440. The van der Waals surface area contributed by atoms with Crippen LogP contribution in [0.3, 0.4) is 0 Å². The molecule has 0 aliphatic heterocycles. The lowest BCUT2D eigenvalue weighted by Crippen LogP contribution is -1.99. The normalized spacial score (nSPS) is 11.2. The van der Waals surface area contributed by atoms with E-state index in [9.17, 15) is 9.18 Å². The van der Waals surface area contributed by atoms with E-state index >= 15 is 0 Å². The lowest BCUT2D eigenvalue weighted by molar-refractivity contribution is 0.0605. The van der Waals surface area contributed by atoms with Gasteiger partial charge < -0.3 is 9.47 Å². The van der Waals surface area contributed by atoms with Crippen LogP contribution in [0.4, 0.5) is 4.39 Å². The van der Waals surface area contributed by atoms with Gasteiger partial charge in [-0.15, -0.1) is 16.4 Å². The number of nitrogens with zero attached hydrogens (tertiary/aromatic N) is 4. The number of esters is 1. The summed E-state index contributed by atoms with van der Waals surface area (Å²) < 4.78 is 25.2. The number of fused-ring (bicyclic) bond motifs is 3. The molecule has 0 aliphatic carbocycles. The molecular weight excluding hydrogens is 431 g/mol. The smallest absolute Gasteiger partial charge is 0.348 e. The molecule has 32 heavy (non-hydrogen) atoms. The van der Waals surface area contributed by atoms with Crippen LogP contribution in [0, 0.1) is 12.7 Å². The van der Waals surface area contributed by atoms with Crippen LogP contribution >= 0.6 is 11.3 Å². The number of methoxy groups -OCH3 is 1. The van der Waals surface area contributed by atoms with Gasteiger partial charge in [0.1, 0.15) is 34.2 Å². The maximum Gasteiger partial charge on any atom is 0.348 e. The fraction of sp³-hybridized carbons (Fsp3) is 0.130. The SMILES string of the molecule is COC(=O)c1sc2ncn3nc(-c4ccc(COc5ccc(F)cc5)cc4)nc3c2c1C. The molecule has 0 N–H and O–H groups in total. The Balaban J connectivity index is 1.43. The van der Waals surface area contributed by atoms with Crippen molar-refractivity contribution in [1.82, 2.24) is 19.6 Å². The summed E-state index contributed by atoms with van der Waals surface area (Å²) in [4.78, 5) is 22.4. The molecule has 3 aromatic heterocycles. The first kappa shape index (κ1) is 20.1. The Morgan fingerprint density at radius 1 is 1.12 bits per heavy atom. The van der Waals surface area contributed by atoms with Gasteiger partial charge in [-0.05, 0) is 42.3 Å². The number of aromatic nitrogens is 4. The number of hydrogen-bond acceptors (Lipinski definition) is 7. The summed E-state index contributed by atoms with van der Waals surface area (Å²) in [5.74, 6) is 0.470. The first-order valence-electron chi connectivity index (χ1n) is 9.74. The molecule has 0 unspecified atom stereocenters. The van der Waals surface area contributed by atoms with Gasteiger partial charge in [-0.2, -0.15) is 0 Å². The number of aryl methyl sites for hydroxylation is 1. The number of hydrogen-bond donors (Lipinski definition) is 0. The summed E-state index contributed by atoms with van der Waals surface area (Å²) in [7, 11) is 1.36. The van der Waals surface area contributed by atoms with Crippen LogP contribution in [0.25, 0.3) is 27.3 Å². The number of benzene rings is 2. The van der Waals surface area contributed by atoms with Crippen LogP contribution in [0.2, 0.25) is 0 Å². The van der Waals surface area contributed by atoms with E-state index in [4.69, 9.17) is 14.5 Å². The molecule has 0 saturated heterocycles. The summed E-state index contributed by atoms with van der Waals surface area (Å²) in [5.41, 5.74) is 3.22. The minimum atomic E-state index is -0.387. The van der Waals surface area contributed by atoms with Gasteiger partial charge in [0.05, 0.1) is 12.5 Å². The summed E-state index contributed by atoms with van der Waals surface area (Å²) in [5, 5.41) is 5.34. The van der Waals surface area contributed by atoms with E-state index in [-0.39, 0.29) is 11.8 Å². The molecule has 0 radical (unpaired) electrons. The zero-order chi connectivity index (χ0) is 22.2. The lowest BCUT2D eigenvalue weighted by atomic mass is 10.1. The van der Waals surface area contributed by atoms with Gasteiger partial charge in [0.25, 0.3) is 0 Å². The highest BCUT2D eigenvalue weighted by Gasteiger charge is 2.20. The fourth-order valence-corrected chi connectivity index (χ4v) is 4.45. The number of carbonyl (C=O) groups excluding carboxylic acids is 1. The van der Waals surface area contributed by atoms with Crippen LogP contribution in [-0.2, 0) is 11.3 Å². The monoisotopic (exact) mass is 448 g/mol. The molecule has 0 amide bonds. The van der Waals surface area contributed by atoms with Crippen molar-refractivity contribution in [2.75, 3.05) is 7.11 Å². The zero-order valence-corrected chi connectivity index (χ0v) is 18.0. The van der Waals surface area contributed by atoms with E-state index < -0.39 is 0 Å². The number of carbonyl (C=O) groups is 1. The van der Waals surface area contributed by atoms with Crippen LogP contribution < -0.4 is 4.74 Å². The maximum absolute atomic E-state index is 13.0. The third-order valence-corrected chi connectivity index (χ3v) is 6.25. The van der Waals surface area contributed by atoms with Crippen molar-refractivity contribution in [3.8, 4) is 17.1 Å². The summed E-state index contributed by atoms with van der Waals surface area (Å²) in [6.45, 7) is 2.22. The zero-order valence-electron chi connectivity index (χ0n) is 17.2. The molecule has 5 rings (SSSR count). The Labute approximate surface area is 186 Å². The first-order valence-corrected chi connectivity index (χ1v) is 10.6. The van der Waals surface area contributed by atoms with E-state index in [2.05, 4.69) is 10.1 Å². The fourth-order valence-electron chi connectivity index (χ4n) is 3.39. The van der Waals surface area contributed by atoms with Gasteiger partial charge in [0, 0.05) is 5.56 Å². The van der Waals surface area contributed by atoms with Gasteiger partial charge in [0.2, 0.25) is 0 Å². The second-order valence-electron chi connectivity index (χ2n) is 7.12. The third kappa shape index (κ3) is 3.56. The topological polar surface area (TPSA) is 78.6 Å². The molecular formula is C23H17FN4O3S. The van der Waals surface area contributed by atoms with E-state index in [1.807, 2.05) is 31.2 Å². The van der Waals surface area contributed by atoms with E-state index in [0.717, 1.165) is 22.1 Å². The minimum Gasteiger partial charge on any atom is -0.489 e. The molecule has 7 nitrogen and oxygen atoms in total. The Morgan fingerprint density at radius 3 is 2.59 bits per heavy atom. The summed E-state index contributed by atoms with van der Waals surface area (Å²) >= 11 is 1.28. The Morgan fingerprint density at radius 2 is 1.88 bits per heavy atom. The Hall–Kier alpha value is -3.85. The largest absolute Gasteiger partial charge is 0.489 e. The average molecular weight is 448 g/mol. The Kier molecular flexibility index (Phi) is 5.02. The number of halogens is 1. The predicted octanol–water partition coefficient (Wildman–Crippen LogP) is 4.82. The molecule has 160 valence electrons. The highest BCUT2D eigenvalue weighted by atomic mass is 32.1. The van der Waals surface area contributed by atoms with Gasteiger partial charge in [0.15, 0.2) is 11.5 Å². The van der Waals surface area contributed by atoms with Gasteiger partial charge >= 0.3 is 5.97 Å². The third-order valence-electron chi connectivity index (χ3n) is 5.07. The predicted molar refractivity (Wildman–Crippen MR) is 118 cm³/mol. The quantitative estimate of drug-likeness (QED) is 0.359. The molecule has 0 aliphatic rings.